The molecule has 9 heteroatoms. The summed E-state index contributed by atoms with van der Waals surface area (Å²) < 4.78 is 34.7. The van der Waals surface area contributed by atoms with E-state index in [1.165, 1.54) is 24.1 Å². The number of benzene rings is 4. The van der Waals surface area contributed by atoms with Crippen LogP contribution >= 0.6 is 0 Å². The summed E-state index contributed by atoms with van der Waals surface area (Å²) in [5.41, 5.74) is 3.03. The average molecular weight is 628 g/mol. The number of rotatable bonds is 14. The van der Waals surface area contributed by atoms with Crippen LogP contribution in [0.3, 0.4) is 0 Å². The molecule has 0 saturated carbocycles. The van der Waals surface area contributed by atoms with Crippen LogP contribution in [-0.4, -0.2) is 50.9 Å². The second-order valence-corrected chi connectivity index (χ2v) is 12.9. The number of carbonyl (C=O) groups is 2. The molecule has 0 saturated heterocycles. The van der Waals surface area contributed by atoms with Crippen LogP contribution in [0, 0.1) is 6.92 Å². The Hall–Kier alpha value is -4.63. The number of nitrogens with one attached hydrogen (secondary N) is 1. The zero-order chi connectivity index (χ0) is 32.4. The van der Waals surface area contributed by atoms with Crippen molar-refractivity contribution in [2.24, 2.45) is 0 Å². The number of carbonyl (C=O) groups excluding carboxylic acids is 2. The first-order valence-corrected chi connectivity index (χ1v) is 16.5. The van der Waals surface area contributed by atoms with Gasteiger partial charge in [0.15, 0.2) is 0 Å². The first kappa shape index (κ1) is 33.3. The Morgan fingerprint density at radius 2 is 1.49 bits per heavy atom. The molecular weight excluding hydrogens is 586 g/mol. The van der Waals surface area contributed by atoms with Gasteiger partial charge in [-0.1, -0.05) is 91.3 Å². The van der Waals surface area contributed by atoms with E-state index in [2.05, 4.69) is 5.32 Å². The van der Waals surface area contributed by atoms with Crippen LogP contribution in [0.4, 0.5) is 5.69 Å². The maximum Gasteiger partial charge on any atom is 0.264 e. The van der Waals surface area contributed by atoms with Crippen LogP contribution in [-0.2, 0) is 32.6 Å². The van der Waals surface area contributed by atoms with Gasteiger partial charge in [-0.3, -0.25) is 13.9 Å². The summed E-state index contributed by atoms with van der Waals surface area (Å²) in [5.74, 6) is -0.370. The minimum atomic E-state index is -4.18. The summed E-state index contributed by atoms with van der Waals surface area (Å²) in [6.45, 7) is 5.46. The van der Waals surface area contributed by atoms with Crippen molar-refractivity contribution in [2.75, 3.05) is 18.0 Å². The minimum Gasteiger partial charge on any atom is -0.497 e. The molecule has 0 aliphatic rings. The topological polar surface area (TPSA) is 96.0 Å². The number of nitrogens with zero attached hydrogens (tertiary/aromatic N) is 2. The van der Waals surface area contributed by atoms with Crippen molar-refractivity contribution < 1.29 is 22.7 Å². The van der Waals surface area contributed by atoms with Crippen LogP contribution < -0.4 is 14.4 Å². The summed E-state index contributed by atoms with van der Waals surface area (Å²) in [4.78, 5) is 30.0. The van der Waals surface area contributed by atoms with Gasteiger partial charge in [-0.25, -0.2) is 8.42 Å². The molecule has 0 aromatic heterocycles. The summed E-state index contributed by atoms with van der Waals surface area (Å²) in [6, 6.07) is 30.8. The van der Waals surface area contributed by atoms with Gasteiger partial charge in [0.2, 0.25) is 11.8 Å². The molecule has 2 atom stereocenters. The van der Waals surface area contributed by atoms with Gasteiger partial charge in [0.05, 0.1) is 17.7 Å². The molecular formula is C36H41N3O5S. The van der Waals surface area contributed by atoms with Crippen LogP contribution in [0.15, 0.2) is 114 Å². The van der Waals surface area contributed by atoms with E-state index < -0.39 is 28.5 Å². The third-order valence-electron chi connectivity index (χ3n) is 7.70. The Morgan fingerprint density at radius 1 is 0.844 bits per heavy atom. The highest BCUT2D eigenvalue weighted by Gasteiger charge is 2.35. The fraction of sp³-hybridized carbons (Fsp3) is 0.278. The maximum absolute atomic E-state index is 14.5. The normalized spacial score (nSPS) is 12.5. The number of sulfonamides is 1. The first-order chi connectivity index (χ1) is 21.6. The molecule has 4 rings (SSSR count). The van der Waals surface area contributed by atoms with Gasteiger partial charge in [-0.05, 0) is 55.7 Å². The van der Waals surface area contributed by atoms with E-state index in [9.17, 15) is 18.0 Å². The van der Waals surface area contributed by atoms with Crippen LogP contribution in [0.25, 0.3) is 0 Å². The standard InChI is InChI=1S/C36H41N3O5S/c1-5-28(3)37-36(41)34(23-29-13-8-6-9-14-29)38(25-30-21-19-27(2)20-22-30)35(40)26-39(31-15-12-16-32(24-31)44-4)45(42,43)33-17-10-7-11-18-33/h6-22,24,28,34H,5,23,25-26H2,1-4H3,(H,37,41)/t28-,34+/m1/s1. The minimum absolute atomic E-state index is 0.0426. The van der Waals surface area contributed by atoms with Crippen molar-refractivity contribution in [2.45, 2.75) is 57.1 Å². The summed E-state index contributed by atoms with van der Waals surface area (Å²) in [5, 5.41) is 3.06. The van der Waals surface area contributed by atoms with E-state index in [0.717, 1.165) is 21.0 Å². The third kappa shape index (κ3) is 8.73. The van der Waals surface area contributed by atoms with Crippen LogP contribution in [0.2, 0.25) is 0 Å². The SMILES string of the molecule is CC[C@@H](C)NC(=O)[C@H](Cc1ccccc1)N(Cc1ccc(C)cc1)C(=O)CN(c1cccc(OC)c1)S(=O)(=O)c1ccccc1. The molecule has 8 nitrogen and oxygen atoms in total. The first-order valence-electron chi connectivity index (χ1n) is 15.0. The lowest BCUT2D eigenvalue weighted by Crippen LogP contribution is -2.54. The molecule has 236 valence electrons. The van der Waals surface area contributed by atoms with Gasteiger partial charge in [0.25, 0.3) is 10.0 Å². The zero-order valence-corrected chi connectivity index (χ0v) is 27.0. The fourth-order valence-electron chi connectivity index (χ4n) is 4.90. The van der Waals surface area contributed by atoms with E-state index in [1.54, 1.807) is 42.5 Å². The number of ether oxygens (including phenoxy) is 1. The monoisotopic (exact) mass is 627 g/mol. The van der Waals surface area contributed by atoms with Crippen molar-refractivity contribution in [3.63, 3.8) is 0 Å². The Bertz CT molecular complexity index is 1660. The molecule has 0 aliphatic carbocycles. The van der Waals surface area contributed by atoms with E-state index in [4.69, 9.17) is 4.74 Å². The van der Waals surface area contributed by atoms with Gasteiger partial charge >= 0.3 is 0 Å². The number of methoxy groups -OCH3 is 1. The molecule has 4 aromatic rings. The highest BCUT2D eigenvalue weighted by Crippen LogP contribution is 2.28. The Kier molecular flexibility index (Phi) is 11.4. The van der Waals surface area contributed by atoms with Crippen molar-refractivity contribution in [3.8, 4) is 5.75 Å². The highest BCUT2D eigenvalue weighted by molar-refractivity contribution is 7.92. The van der Waals surface area contributed by atoms with Gasteiger partial charge < -0.3 is 15.0 Å². The van der Waals surface area contributed by atoms with Crippen LogP contribution in [0.1, 0.15) is 37.0 Å². The largest absolute Gasteiger partial charge is 0.497 e. The average Bonchev–Trinajstić information content (AvgIpc) is 3.06. The molecule has 0 radical (unpaired) electrons. The lowest BCUT2D eigenvalue weighted by Gasteiger charge is -2.34. The second-order valence-electron chi connectivity index (χ2n) is 11.1. The van der Waals surface area contributed by atoms with Gasteiger partial charge in [-0.2, -0.15) is 0 Å². The number of aryl methyl sites for hydroxylation is 1. The molecule has 0 unspecified atom stereocenters. The molecule has 2 amide bonds. The molecule has 0 fully saturated rings. The van der Waals surface area contributed by atoms with Gasteiger partial charge in [-0.15, -0.1) is 0 Å². The smallest absolute Gasteiger partial charge is 0.264 e. The second kappa shape index (κ2) is 15.4. The Labute approximate surface area is 266 Å². The van der Waals surface area contributed by atoms with Gasteiger partial charge in [0, 0.05) is 25.1 Å². The molecule has 45 heavy (non-hydrogen) atoms. The van der Waals surface area contributed by atoms with Gasteiger partial charge in [0.1, 0.15) is 18.3 Å². The third-order valence-corrected chi connectivity index (χ3v) is 9.49. The molecule has 0 spiro atoms. The summed E-state index contributed by atoms with van der Waals surface area (Å²) in [7, 11) is -2.69. The fourth-order valence-corrected chi connectivity index (χ4v) is 6.33. The number of amides is 2. The zero-order valence-electron chi connectivity index (χ0n) is 26.2. The van der Waals surface area contributed by atoms with Crippen molar-refractivity contribution >= 4 is 27.5 Å². The quantitative estimate of drug-likeness (QED) is 0.192. The van der Waals surface area contributed by atoms with Crippen molar-refractivity contribution in [3.05, 3.63) is 126 Å². The lowest BCUT2D eigenvalue weighted by atomic mass is 10.0. The molecule has 0 aliphatic heterocycles. The van der Waals surface area contributed by atoms with E-state index >= 15 is 0 Å². The number of anilines is 1. The van der Waals surface area contributed by atoms with Crippen LogP contribution in [0.5, 0.6) is 5.75 Å². The molecule has 4 aromatic carbocycles. The van der Waals surface area contributed by atoms with Crippen molar-refractivity contribution in [1.82, 2.24) is 10.2 Å². The van der Waals surface area contributed by atoms with E-state index in [1.807, 2.05) is 75.4 Å². The Morgan fingerprint density at radius 3 is 2.11 bits per heavy atom. The molecule has 0 heterocycles. The lowest BCUT2D eigenvalue weighted by molar-refractivity contribution is -0.140. The van der Waals surface area contributed by atoms with E-state index in [0.29, 0.717) is 12.2 Å². The molecule has 1 N–H and O–H groups in total. The maximum atomic E-state index is 14.5. The number of hydrogen-bond acceptors (Lipinski definition) is 5. The number of hydrogen-bond donors (Lipinski definition) is 1. The predicted octanol–water partition coefficient (Wildman–Crippen LogP) is 5.75. The van der Waals surface area contributed by atoms with E-state index in [-0.39, 0.29) is 35.5 Å². The molecule has 0 bridgehead atoms. The summed E-state index contributed by atoms with van der Waals surface area (Å²) in [6.07, 6.45) is 0.972. The predicted molar refractivity (Wildman–Crippen MR) is 178 cm³/mol. The highest BCUT2D eigenvalue weighted by atomic mass is 32.2. The summed E-state index contributed by atoms with van der Waals surface area (Å²) >= 11 is 0. The van der Waals surface area contributed by atoms with Crippen molar-refractivity contribution in [1.29, 1.82) is 0 Å². The Balaban J connectivity index is 1.81.